The van der Waals surface area contributed by atoms with E-state index in [1.807, 2.05) is 5.48 Å². The summed E-state index contributed by atoms with van der Waals surface area (Å²) in [5, 5.41) is 16.9. The Morgan fingerprint density at radius 1 is 1.33 bits per heavy atom. The van der Waals surface area contributed by atoms with E-state index in [1.165, 1.54) is 24.5 Å². The molecule has 0 spiro atoms. The Labute approximate surface area is 51.9 Å². The highest BCUT2D eigenvalue weighted by Crippen LogP contribution is 1.98. The van der Waals surface area contributed by atoms with Crippen LogP contribution in [-0.2, 0) is 0 Å². The van der Waals surface area contributed by atoms with E-state index in [4.69, 9.17) is 10.4 Å². The maximum Gasteiger partial charge on any atom is 0.224 e. The van der Waals surface area contributed by atoms with Crippen molar-refractivity contribution in [3.8, 4) is 0 Å². The zero-order chi connectivity index (χ0) is 6.69. The van der Waals surface area contributed by atoms with E-state index in [0.29, 0.717) is 5.69 Å². The number of pyridine rings is 1. The summed E-state index contributed by atoms with van der Waals surface area (Å²) in [5.74, 6) is 0. The van der Waals surface area contributed by atoms with Crippen LogP contribution in [0.3, 0.4) is 0 Å². The predicted octanol–water partition coefficient (Wildman–Crippen LogP) is 0.0125. The fraction of sp³-hybridized carbons (Fsp3) is 0. The molecule has 0 radical (unpaired) electrons. The smallest absolute Gasteiger partial charge is 0.224 e. The molecule has 0 aromatic carbocycles. The summed E-state index contributed by atoms with van der Waals surface area (Å²) in [5.41, 5.74) is 2.47. The molecule has 48 valence electrons. The number of nitrogens with zero attached hydrogens (tertiary/aromatic N) is 1. The second kappa shape index (κ2) is 2.32. The van der Waals surface area contributed by atoms with Crippen molar-refractivity contribution >= 4 is 5.69 Å². The van der Waals surface area contributed by atoms with Crippen LogP contribution >= 0.6 is 0 Å². The number of aromatic nitrogens is 1. The molecular weight excluding hydrogens is 120 g/mol. The van der Waals surface area contributed by atoms with Crippen molar-refractivity contribution in [3.63, 3.8) is 0 Å². The summed E-state index contributed by atoms with van der Waals surface area (Å²) in [7, 11) is 0. The van der Waals surface area contributed by atoms with Gasteiger partial charge in [-0.25, -0.2) is 0 Å². The van der Waals surface area contributed by atoms with Gasteiger partial charge in [-0.2, -0.15) is 0 Å². The zero-order valence-corrected chi connectivity index (χ0v) is 4.65. The maximum atomic E-state index is 8.66. The molecule has 0 saturated carbocycles. The van der Waals surface area contributed by atoms with Gasteiger partial charge in [0.05, 0.1) is 5.69 Å². The fourth-order valence-corrected chi connectivity index (χ4v) is 0.493. The van der Waals surface area contributed by atoms with Crippen LogP contribution in [0.4, 0.5) is 5.69 Å². The lowest BCUT2D eigenvalue weighted by Crippen LogP contribution is -2.27. The normalized spacial score (nSPS) is 9.00. The lowest BCUT2D eigenvalue weighted by Gasteiger charge is -1.91. The van der Waals surface area contributed by atoms with Gasteiger partial charge in [0.25, 0.3) is 0 Å². The molecule has 0 saturated heterocycles. The highest BCUT2D eigenvalue weighted by molar-refractivity contribution is 5.36. The average Bonchev–Trinajstić information content (AvgIpc) is 1.90. The van der Waals surface area contributed by atoms with Gasteiger partial charge in [0.1, 0.15) is 0 Å². The molecule has 0 atom stereocenters. The molecule has 4 heteroatoms. The van der Waals surface area contributed by atoms with Crippen LogP contribution in [0.1, 0.15) is 0 Å². The third-order valence-electron chi connectivity index (χ3n) is 0.943. The van der Waals surface area contributed by atoms with Crippen molar-refractivity contribution in [1.82, 2.24) is 0 Å². The lowest BCUT2D eigenvalue weighted by molar-refractivity contribution is -0.904. The zero-order valence-electron chi connectivity index (χ0n) is 4.65. The van der Waals surface area contributed by atoms with Gasteiger partial charge in [0.15, 0.2) is 0 Å². The molecule has 9 heavy (non-hydrogen) atoms. The SMILES string of the molecule is ONc1cc[n+](O)cc1. The Morgan fingerprint density at radius 2 is 1.89 bits per heavy atom. The quantitative estimate of drug-likeness (QED) is 0.283. The second-order valence-electron chi connectivity index (χ2n) is 1.58. The van der Waals surface area contributed by atoms with Gasteiger partial charge in [0.2, 0.25) is 12.4 Å². The fourth-order valence-electron chi connectivity index (χ4n) is 0.493. The maximum absolute atomic E-state index is 8.66. The molecule has 0 bridgehead atoms. The number of hydrogen-bond donors (Lipinski definition) is 3. The second-order valence-corrected chi connectivity index (χ2v) is 1.58. The van der Waals surface area contributed by atoms with E-state index in [9.17, 15) is 0 Å². The van der Waals surface area contributed by atoms with Crippen molar-refractivity contribution in [2.45, 2.75) is 0 Å². The van der Waals surface area contributed by atoms with E-state index in [0.717, 1.165) is 4.73 Å². The minimum absolute atomic E-state index is 0.542. The third-order valence-corrected chi connectivity index (χ3v) is 0.943. The van der Waals surface area contributed by atoms with Crippen molar-refractivity contribution in [2.24, 2.45) is 0 Å². The summed E-state index contributed by atoms with van der Waals surface area (Å²) in [6, 6.07) is 3.06. The molecule has 0 amide bonds. The van der Waals surface area contributed by atoms with E-state index in [2.05, 4.69) is 0 Å². The van der Waals surface area contributed by atoms with Crippen LogP contribution in [0.25, 0.3) is 0 Å². The van der Waals surface area contributed by atoms with Crippen LogP contribution in [0.2, 0.25) is 0 Å². The Hall–Kier alpha value is -1.29. The lowest BCUT2D eigenvalue weighted by atomic mass is 10.4. The largest absolute Gasteiger partial charge is 0.291 e. The van der Waals surface area contributed by atoms with Gasteiger partial charge in [0, 0.05) is 16.9 Å². The molecule has 0 aliphatic rings. The molecule has 0 aliphatic heterocycles. The van der Waals surface area contributed by atoms with Crippen molar-refractivity contribution in [1.29, 1.82) is 0 Å². The Bertz CT molecular complexity index is 185. The van der Waals surface area contributed by atoms with Crippen molar-refractivity contribution < 1.29 is 15.1 Å². The highest BCUT2D eigenvalue weighted by atomic mass is 16.5. The first-order valence-electron chi connectivity index (χ1n) is 2.43. The molecule has 0 aliphatic carbocycles. The third kappa shape index (κ3) is 1.30. The molecule has 1 aromatic rings. The van der Waals surface area contributed by atoms with E-state index in [1.54, 1.807) is 0 Å². The molecule has 1 heterocycles. The van der Waals surface area contributed by atoms with E-state index in [-0.39, 0.29) is 0 Å². The summed E-state index contributed by atoms with van der Waals surface area (Å²) in [6.45, 7) is 0. The number of rotatable bonds is 1. The van der Waals surface area contributed by atoms with Gasteiger partial charge < -0.3 is 0 Å². The average molecular weight is 127 g/mol. The summed E-state index contributed by atoms with van der Waals surface area (Å²) < 4.78 is 0.890. The molecule has 1 rings (SSSR count). The standard InChI is InChI=1S/C5H6N2O2/c8-6-5-1-3-7(9)4-2-5/h1-4,8-9H/p+1. The topological polar surface area (TPSA) is 56.4 Å². The molecule has 1 aromatic heterocycles. The summed E-state index contributed by atoms with van der Waals surface area (Å²) in [4.78, 5) is 0. The first kappa shape index (κ1) is 5.84. The van der Waals surface area contributed by atoms with Crippen LogP contribution in [0.15, 0.2) is 24.5 Å². The van der Waals surface area contributed by atoms with Crippen molar-refractivity contribution in [2.75, 3.05) is 5.48 Å². The van der Waals surface area contributed by atoms with Crippen LogP contribution in [0.5, 0.6) is 0 Å². The monoisotopic (exact) mass is 127 g/mol. The molecular formula is C5H7N2O2+. The van der Waals surface area contributed by atoms with Gasteiger partial charge in [-0.1, -0.05) is 0 Å². The molecule has 0 unspecified atom stereocenters. The van der Waals surface area contributed by atoms with Gasteiger partial charge >= 0.3 is 0 Å². The first-order valence-corrected chi connectivity index (χ1v) is 2.43. The van der Waals surface area contributed by atoms with Gasteiger partial charge in [-0.3, -0.25) is 15.9 Å². The van der Waals surface area contributed by atoms with E-state index >= 15 is 0 Å². The highest BCUT2D eigenvalue weighted by Gasteiger charge is 1.93. The van der Waals surface area contributed by atoms with Gasteiger partial charge in [-0.15, -0.1) is 0 Å². The Balaban J connectivity index is 2.88. The van der Waals surface area contributed by atoms with Crippen LogP contribution < -0.4 is 10.2 Å². The van der Waals surface area contributed by atoms with Crippen LogP contribution in [-0.4, -0.2) is 10.4 Å². The number of anilines is 1. The van der Waals surface area contributed by atoms with Crippen molar-refractivity contribution in [3.05, 3.63) is 24.5 Å². The predicted molar refractivity (Wildman–Crippen MR) is 29.2 cm³/mol. The minimum atomic E-state index is 0.542. The summed E-state index contributed by atoms with van der Waals surface area (Å²) in [6.07, 6.45) is 2.80. The Kier molecular flexibility index (Phi) is 1.51. The molecule has 4 nitrogen and oxygen atoms in total. The molecule has 0 fully saturated rings. The Morgan fingerprint density at radius 3 is 2.33 bits per heavy atom. The van der Waals surface area contributed by atoms with Crippen LogP contribution in [0, 0.1) is 0 Å². The minimum Gasteiger partial charge on any atom is -0.291 e. The number of hydrogen-bond acceptors (Lipinski definition) is 3. The molecule has 3 N–H and O–H groups in total. The number of nitrogens with one attached hydrogen (secondary N) is 1. The first-order chi connectivity index (χ1) is 4.33. The summed E-state index contributed by atoms with van der Waals surface area (Å²) >= 11 is 0. The van der Waals surface area contributed by atoms with E-state index < -0.39 is 0 Å². The van der Waals surface area contributed by atoms with Gasteiger partial charge in [-0.05, 0) is 0 Å².